The van der Waals surface area contributed by atoms with Crippen molar-refractivity contribution < 1.29 is 8.78 Å². The minimum absolute atomic E-state index is 0.0167. The number of halogens is 2. The van der Waals surface area contributed by atoms with Gasteiger partial charge >= 0.3 is 0 Å². The Kier molecular flexibility index (Phi) is 2.47. The number of aromatic nitrogens is 2. The lowest BCUT2D eigenvalue weighted by molar-refractivity contribution is 0.511. The Morgan fingerprint density at radius 2 is 2.06 bits per heavy atom. The molecule has 1 aromatic carbocycles. The van der Waals surface area contributed by atoms with Gasteiger partial charge in [0.25, 0.3) is 5.56 Å². The fraction of sp³-hybridized carbons (Fsp3) is 0.231. The number of nitrogens with zero attached hydrogens (tertiary/aromatic N) is 1. The van der Waals surface area contributed by atoms with Gasteiger partial charge in [0.2, 0.25) is 0 Å². The molecule has 3 nitrogen and oxygen atoms in total. The van der Waals surface area contributed by atoms with Gasteiger partial charge in [0, 0.05) is 17.5 Å². The van der Waals surface area contributed by atoms with Crippen LogP contribution in [-0.2, 0) is 0 Å². The van der Waals surface area contributed by atoms with Gasteiger partial charge < -0.3 is 4.98 Å². The monoisotopic (exact) mass is 248 g/mol. The minimum Gasteiger partial charge on any atom is -0.310 e. The van der Waals surface area contributed by atoms with E-state index in [4.69, 9.17) is 0 Å². The van der Waals surface area contributed by atoms with Crippen molar-refractivity contribution in [2.45, 2.75) is 18.8 Å². The van der Waals surface area contributed by atoms with Crippen molar-refractivity contribution in [1.82, 2.24) is 9.97 Å². The molecule has 0 unspecified atom stereocenters. The summed E-state index contributed by atoms with van der Waals surface area (Å²) in [6, 6.07) is 5.03. The highest BCUT2D eigenvalue weighted by Crippen LogP contribution is 2.38. The molecular formula is C13H10F2N2O. The summed E-state index contributed by atoms with van der Waals surface area (Å²) in [7, 11) is 0. The normalized spacial score (nSPS) is 14.8. The van der Waals surface area contributed by atoms with E-state index in [1.165, 1.54) is 18.2 Å². The van der Waals surface area contributed by atoms with Crippen molar-refractivity contribution >= 4 is 0 Å². The number of nitrogens with one attached hydrogen (secondary N) is 1. The largest absolute Gasteiger partial charge is 0.310 e. The average Bonchev–Trinajstić information content (AvgIpc) is 3.16. The summed E-state index contributed by atoms with van der Waals surface area (Å²) in [5.41, 5.74) is -0.147. The van der Waals surface area contributed by atoms with Crippen LogP contribution in [0.25, 0.3) is 11.3 Å². The standard InChI is InChI=1S/C13H10F2N2O/c14-9-3-1-2-8(12(9)15)10-6-11(18)17-13(16-10)7-4-5-7/h1-3,6-7H,4-5H2,(H,16,17,18). The predicted molar refractivity (Wildman–Crippen MR) is 62.2 cm³/mol. The first-order valence-corrected chi connectivity index (χ1v) is 5.71. The summed E-state index contributed by atoms with van der Waals surface area (Å²) < 4.78 is 26.8. The lowest BCUT2D eigenvalue weighted by Gasteiger charge is -2.05. The lowest BCUT2D eigenvalue weighted by atomic mass is 10.1. The van der Waals surface area contributed by atoms with E-state index < -0.39 is 11.6 Å². The summed E-state index contributed by atoms with van der Waals surface area (Å²) in [6.07, 6.45) is 1.94. The van der Waals surface area contributed by atoms with E-state index >= 15 is 0 Å². The molecule has 0 aliphatic heterocycles. The molecular weight excluding hydrogens is 238 g/mol. The highest BCUT2D eigenvalue weighted by atomic mass is 19.2. The zero-order valence-electron chi connectivity index (χ0n) is 9.41. The quantitative estimate of drug-likeness (QED) is 0.887. The van der Waals surface area contributed by atoms with Gasteiger partial charge in [0.1, 0.15) is 5.82 Å². The van der Waals surface area contributed by atoms with E-state index in [1.807, 2.05) is 0 Å². The summed E-state index contributed by atoms with van der Waals surface area (Å²) in [6.45, 7) is 0. The maximum atomic E-state index is 13.6. The van der Waals surface area contributed by atoms with Gasteiger partial charge in [-0.3, -0.25) is 4.79 Å². The first-order valence-electron chi connectivity index (χ1n) is 5.71. The Morgan fingerprint density at radius 1 is 1.28 bits per heavy atom. The van der Waals surface area contributed by atoms with Gasteiger partial charge in [-0.2, -0.15) is 0 Å². The van der Waals surface area contributed by atoms with Gasteiger partial charge in [-0.1, -0.05) is 6.07 Å². The van der Waals surface area contributed by atoms with Gasteiger partial charge in [-0.25, -0.2) is 13.8 Å². The Morgan fingerprint density at radius 3 is 2.78 bits per heavy atom. The second-order valence-electron chi connectivity index (χ2n) is 4.39. The summed E-state index contributed by atoms with van der Waals surface area (Å²) >= 11 is 0. The number of hydrogen-bond donors (Lipinski definition) is 1. The number of rotatable bonds is 2. The molecule has 1 heterocycles. The zero-order chi connectivity index (χ0) is 12.7. The van der Waals surface area contributed by atoms with E-state index in [-0.39, 0.29) is 22.7 Å². The van der Waals surface area contributed by atoms with E-state index in [9.17, 15) is 13.6 Å². The number of H-pyrrole nitrogens is 1. The van der Waals surface area contributed by atoms with Crippen LogP contribution >= 0.6 is 0 Å². The molecule has 1 N–H and O–H groups in total. The number of benzene rings is 1. The molecule has 0 bridgehead atoms. The van der Waals surface area contributed by atoms with E-state index in [2.05, 4.69) is 9.97 Å². The molecule has 1 fully saturated rings. The van der Waals surface area contributed by atoms with Gasteiger partial charge in [-0.15, -0.1) is 0 Å². The van der Waals surface area contributed by atoms with Gasteiger partial charge in [0.15, 0.2) is 11.6 Å². The highest BCUT2D eigenvalue weighted by molar-refractivity contribution is 5.59. The van der Waals surface area contributed by atoms with Crippen LogP contribution < -0.4 is 5.56 Å². The van der Waals surface area contributed by atoms with E-state index in [0.717, 1.165) is 18.9 Å². The highest BCUT2D eigenvalue weighted by Gasteiger charge is 2.26. The molecule has 1 aliphatic rings. The molecule has 2 aromatic rings. The Labute approximate surface area is 102 Å². The maximum absolute atomic E-state index is 13.6. The van der Waals surface area contributed by atoms with Crippen molar-refractivity contribution in [2.75, 3.05) is 0 Å². The zero-order valence-corrected chi connectivity index (χ0v) is 9.41. The maximum Gasteiger partial charge on any atom is 0.251 e. The predicted octanol–water partition coefficient (Wildman–Crippen LogP) is 2.59. The summed E-state index contributed by atoms with van der Waals surface area (Å²) in [4.78, 5) is 18.3. The third kappa shape index (κ3) is 1.92. The Balaban J connectivity index is 2.16. The van der Waals surface area contributed by atoms with Crippen molar-refractivity contribution in [1.29, 1.82) is 0 Å². The summed E-state index contributed by atoms with van der Waals surface area (Å²) in [5, 5.41) is 0. The van der Waals surface area contributed by atoms with Crippen molar-refractivity contribution in [3.63, 3.8) is 0 Å². The van der Waals surface area contributed by atoms with Gasteiger partial charge in [0.05, 0.1) is 5.69 Å². The van der Waals surface area contributed by atoms with Crippen molar-refractivity contribution in [3.05, 3.63) is 52.1 Å². The fourth-order valence-corrected chi connectivity index (χ4v) is 1.87. The van der Waals surface area contributed by atoms with Crippen LogP contribution in [0.15, 0.2) is 29.1 Å². The fourth-order valence-electron chi connectivity index (χ4n) is 1.87. The van der Waals surface area contributed by atoms with Crippen molar-refractivity contribution in [3.8, 4) is 11.3 Å². The smallest absolute Gasteiger partial charge is 0.251 e. The van der Waals surface area contributed by atoms with E-state index in [0.29, 0.717) is 5.82 Å². The van der Waals surface area contributed by atoms with Crippen LogP contribution in [0.1, 0.15) is 24.6 Å². The van der Waals surface area contributed by atoms with E-state index in [1.54, 1.807) is 0 Å². The van der Waals surface area contributed by atoms with Crippen LogP contribution in [0.4, 0.5) is 8.78 Å². The van der Waals surface area contributed by atoms with Crippen molar-refractivity contribution in [2.24, 2.45) is 0 Å². The van der Waals surface area contributed by atoms with Crippen LogP contribution in [0.2, 0.25) is 0 Å². The summed E-state index contributed by atoms with van der Waals surface area (Å²) in [5.74, 6) is -1.12. The van der Waals surface area contributed by atoms with Crippen LogP contribution in [-0.4, -0.2) is 9.97 Å². The van der Waals surface area contributed by atoms with Crippen LogP contribution in [0, 0.1) is 11.6 Å². The molecule has 0 amide bonds. The van der Waals surface area contributed by atoms with Gasteiger partial charge in [-0.05, 0) is 25.0 Å². The molecule has 0 radical (unpaired) electrons. The number of hydrogen-bond acceptors (Lipinski definition) is 2. The topological polar surface area (TPSA) is 45.8 Å². The lowest BCUT2D eigenvalue weighted by Crippen LogP contribution is -2.11. The third-order valence-corrected chi connectivity index (χ3v) is 2.95. The molecule has 3 rings (SSSR count). The SMILES string of the molecule is O=c1cc(-c2cccc(F)c2F)nc(C2CC2)[nH]1. The molecule has 0 atom stereocenters. The third-order valence-electron chi connectivity index (χ3n) is 2.95. The first-order chi connectivity index (χ1) is 8.65. The molecule has 0 saturated heterocycles. The molecule has 1 saturated carbocycles. The number of aromatic amines is 1. The molecule has 1 aromatic heterocycles. The molecule has 18 heavy (non-hydrogen) atoms. The molecule has 0 spiro atoms. The second kappa shape index (κ2) is 4.01. The molecule has 5 heteroatoms. The molecule has 1 aliphatic carbocycles. The molecule has 92 valence electrons. The average molecular weight is 248 g/mol. The Bertz CT molecular complexity index is 662. The second-order valence-corrected chi connectivity index (χ2v) is 4.39. The Hall–Kier alpha value is -2.04. The van der Waals surface area contributed by atoms with Crippen LogP contribution in [0.5, 0.6) is 0 Å². The first kappa shape index (κ1) is 11.1. The minimum atomic E-state index is -0.975. The van der Waals surface area contributed by atoms with Crippen LogP contribution in [0.3, 0.4) is 0 Å².